The molecule has 2 aliphatic carbocycles. The number of nitrogens with zero attached hydrogens (tertiary/aromatic N) is 2. The van der Waals surface area contributed by atoms with Gasteiger partial charge in [-0.3, -0.25) is 0 Å². The Bertz CT molecular complexity index is 860. The topological polar surface area (TPSA) is 72.0 Å². The van der Waals surface area contributed by atoms with Gasteiger partial charge in [0.2, 0.25) is 0 Å². The minimum Gasteiger partial charge on any atom is -0.367 e. The molecule has 24 heavy (non-hydrogen) atoms. The van der Waals surface area contributed by atoms with Crippen LogP contribution in [0.2, 0.25) is 0 Å². The molecular weight excluding hydrogens is 342 g/mol. The van der Waals surface area contributed by atoms with Crippen molar-refractivity contribution in [1.82, 2.24) is 9.97 Å². The van der Waals surface area contributed by atoms with Crippen LogP contribution in [-0.2, 0) is 22.7 Å². The van der Waals surface area contributed by atoms with E-state index in [-0.39, 0.29) is 11.3 Å². The molecule has 2 unspecified atom stereocenters. The van der Waals surface area contributed by atoms with Crippen LogP contribution in [0.4, 0.5) is 5.82 Å². The van der Waals surface area contributed by atoms with Gasteiger partial charge in [-0.15, -0.1) is 11.3 Å². The summed E-state index contributed by atoms with van der Waals surface area (Å²) in [6, 6.07) is 0.177. The average molecular weight is 366 g/mol. The third-order valence-electron chi connectivity index (χ3n) is 5.32. The van der Waals surface area contributed by atoms with Crippen LogP contribution in [0.1, 0.15) is 49.0 Å². The first-order chi connectivity index (χ1) is 11.5. The van der Waals surface area contributed by atoms with Gasteiger partial charge in [0.25, 0.3) is 0 Å². The molecule has 2 aromatic rings. The summed E-state index contributed by atoms with van der Waals surface area (Å²) in [6.07, 6.45) is 11.1. The Hall–Kier alpha value is -1.21. The summed E-state index contributed by atoms with van der Waals surface area (Å²) in [4.78, 5) is 11.5. The van der Waals surface area contributed by atoms with E-state index in [0.717, 1.165) is 42.8 Å². The number of fused-ring (bicyclic) bond motifs is 3. The SMILES string of the molecule is CS(=O)(=O)C1CCCC(Nc2ncnc3sc4c(c23)CCCC4)C1. The maximum atomic E-state index is 11.9. The maximum Gasteiger partial charge on any atom is 0.150 e. The summed E-state index contributed by atoms with van der Waals surface area (Å²) in [7, 11) is -2.97. The van der Waals surface area contributed by atoms with Crippen LogP contribution in [0.25, 0.3) is 10.2 Å². The average Bonchev–Trinajstić information content (AvgIpc) is 2.94. The molecule has 0 saturated heterocycles. The lowest BCUT2D eigenvalue weighted by Crippen LogP contribution is -2.34. The molecule has 1 fully saturated rings. The van der Waals surface area contributed by atoms with Crippen LogP contribution in [0.5, 0.6) is 0 Å². The molecule has 5 nitrogen and oxygen atoms in total. The van der Waals surface area contributed by atoms with Crippen LogP contribution >= 0.6 is 11.3 Å². The normalized spacial score (nSPS) is 24.7. The second-order valence-electron chi connectivity index (χ2n) is 7.07. The lowest BCUT2D eigenvalue weighted by atomic mass is 9.94. The van der Waals surface area contributed by atoms with Gasteiger partial charge in [-0.05, 0) is 50.5 Å². The molecule has 2 aliphatic rings. The van der Waals surface area contributed by atoms with Crippen molar-refractivity contribution in [2.75, 3.05) is 11.6 Å². The third kappa shape index (κ3) is 3.04. The highest BCUT2D eigenvalue weighted by molar-refractivity contribution is 7.91. The Morgan fingerprint density at radius 2 is 2.00 bits per heavy atom. The van der Waals surface area contributed by atoms with Crippen molar-refractivity contribution in [3.05, 3.63) is 16.8 Å². The number of hydrogen-bond donors (Lipinski definition) is 1. The Morgan fingerprint density at radius 3 is 2.83 bits per heavy atom. The number of nitrogens with one attached hydrogen (secondary N) is 1. The molecular formula is C17H23N3O2S2. The fourth-order valence-electron chi connectivity index (χ4n) is 4.06. The molecule has 2 atom stereocenters. The summed E-state index contributed by atoms with van der Waals surface area (Å²) in [5, 5.41) is 4.51. The monoisotopic (exact) mass is 365 g/mol. The zero-order valence-electron chi connectivity index (χ0n) is 13.9. The van der Waals surface area contributed by atoms with Crippen LogP contribution < -0.4 is 5.32 Å². The first-order valence-corrected chi connectivity index (χ1v) is 11.5. The van der Waals surface area contributed by atoms with Crippen LogP contribution in [0.15, 0.2) is 6.33 Å². The number of sulfone groups is 1. The Kier molecular flexibility index (Phi) is 4.24. The smallest absolute Gasteiger partial charge is 0.150 e. The first-order valence-electron chi connectivity index (χ1n) is 8.73. The van der Waals surface area contributed by atoms with Crippen LogP contribution in [-0.4, -0.2) is 35.9 Å². The molecule has 4 rings (SSSR count). The number of aryl methyl sites for hydroxylation is 2. The van der Waals surface area contributed by atoms with Crippen molar-refractivity contribution in [1.29, 1.82) is 0 Å². The first kappa shape index (κ1) is 16.3. The van der Waals surface area contributed by atoms with E-state index in [1.165, 1.54) is 34.9 Å². The van der Waals surface area contributed by atoms with E-state index >= 15 is 0 Å². The van der Waals surface area contributed by atoms with Gasteiger partial charge in [-0.2, -0.15) is 0 Å². The molecule has 130 valence electrons. The molecule has 0 bridgehead atoms. The molecule has 0 amide bonds. The predicted octanol–water partition coefficient (Wildman–Crippen LogP) is 3.34. The Labute approximate surface area is 146 Å². The molecule has 0 spiro atoms. The van der Waals surface area contributed by atoms with Gasteiger partial charge >= 0.3 is 0 Å². The molecule has 2 aromatic heterocycles. The van der Waals surface area contributed by atoms with Gasteiger partial charge in [0.1, 0.15) is 26.8 Å². The van der Waals surface area contributed by atoms with Crippen molar-refractivity contribution in [3.63, 3.8) is 0 Å². The number of anilines is 1. The van der Waals surface area contributed by atoms with Gasteiger partial charge in [0.05, 0.1) is 10.6 Å². The minimum absolute atomic E-state index is 0.177. The summed E-state index contributed by atoms with van der Waals surface area (Å²) in [5.74, 6) is 0.901. The molecule has 1 N–H and O–H groups in total. The summed E-state index contributed by atoms with van der Waals surface area (Å²) in [5.41, 5.74) is 1.42. The molecule has 2 heterocycles. The second-order valence-corrected chi connectivity index (χ2v) is 10.5. The van der Waals surface area contributed by atoms with Crippen molar-refractivity contribution in [2.45, 2.75) is 62.7 Å². The largest absolute Gasteiger partial charge is 0.367 e. The Balaban J connectivity index is 1.64. The van der Waals surface area contributed by atoms with E-state index in [2.05, 4.69) is 15.3 Å². The van der Waals surface area contributed by atoms with Gasteiger partial charge in [0.15, 0.2) is 0 Å². The zero-order chi connectivity index (χ0) is 16.7. The highest BCUT2D eigenvalue weighted by Crippen LogP contribution is 2.39. The van der Waals surface area contributed by atoms with E-state index < -0.39 is 9.84 Å². The Morgan fingerprint density at radius 1 is 1.17 bits per heavy atom. The van der Waals surface area contributed by atoms with Gasteiger partial charge < -0.3 is 5.32 Å². The van der Waals surface area contributed by atoms with E-state index in [9.17, 15) is 8.42 Å². The number of thiophene rings is 1. The predicted molar refractivity (Wildman–Crippen MR) is 98.6 cm³/mol. The highest BCUT2D eigenvalue weighted by Gasteiger charge is 2.30. The van der Waals surface area contributed by atoms with E-state index in [0.29, 0.717) is 6.42 Å². The molecule has 1 saturated carbocycles. The lowest BCUT2D eigenvalue weighted by molar-refractivity contribution is 0.452. The van der Waals surface area contributed by atoms with Gasteiger partial charge in [-0.1, -0.05) is 6.42 Å². The molecule has 7 heteroatoms. The zero-order valence-corrected chi connectivity index (χ0v) is 15.5. The highest BCUT2D eigenvalue weighted by atomic mass is 32.2. The van der Waals surface area contributed by atoms with Crippen molar-refractivity contribution in [2.24, 2.45) is 0 Å². The standard InChI is InChI=1S/C17H23N3O2S2/c1-24(21,22)12-6-4-5-11(9-12)20-16-15-13-7-2-3-8-14(13)23-17(15)19-10-18-16/h10-12H,2-9H2,1H3,(H,18,19,20). The van der Waals surface area contributed by atoms with Gasteiger partial charge in [0, 0.05) is 17.2 Å². The van der Waals surface area contributed by atoms with E-state index in [4.69, 9.17) is 0 Å². The minimum atomic E-state index is -2.97. The number of hydrogen-bond acceptors (Lipinski definition) is 6. The summed E-state index contributed by atoms with van der Waals surface area (Å²) < 4.78 is 23.8. The fraction of sp³-hybridized carbons (Fsp3) is 0.647. The van der Waals surface area contributed by atoms with Crippen molar-refractivity contribution < 1.29 is 8.42 Å². The van der Waals surface area contributed by atoms with Crippen molar-refractivity contribution >= 4 is 37.2 Å². The summed E-state index contributed by atoms with van der Waals surface area (Å²) in [6.45, 7) is 0. The quantitative estimate of drug-likeness (QED) is 0.903. The van der Waals surface area contributed by atoms with E-state index in [1.807, 2.05) is 0 Å². The lowest BCUT2D eigenvalue weighted by Gasteiger charge is -2.29. The van der Waals surface area contributed by atoms with Crippen molar-refractivity contribution in [3.8, 4) is 0 Å². The van der Waals surface area contributed by atoms with Gasteiger partial charge in [-0.25, -0.2) is 18.4 Å². The van der Waals surface area contributed by atoms with Crippen LogP contribution in [0.3, 0.4) is 0 Å². The summed E-state index contributed by atoms with van der Waals surface area (Å²) >= 11 is 1.79. The third-order valence-corrected chi connectivity index (χ3v) is 8.16. The maximum absolute atomic E-state index is 11.9. The number of aromatic nitrogens is 2. The second kappa shape index (κ2) is 6.26. The van der Waals surface area contributed by atoms with E-state index in [1.54, 1.807) is 17.7 Å². The van der Waals surface area contributed by atoms with Crippen LogP contribution in [0, 0.1) is 0 Å². The molecule has 0 radical (unpaired) electrons. The fourth-order valence-corrected chi connectivity index (χ4v) is 6.46. The molecule has 0 aromatic carbocycles. The molecule has 0 aliphatic heterocycles. The number of rotatable bonds is 3.